The van der Waals surface area contributed by atoms with E-state index in [1.807, 2.05) is 18.2 Å². The lowest BCUT2D eigenvalue weighted by Crippen LogP contribution is -2.47. The average molecular weight is 859 g/mol. The Morgan fingerprint density at radius 2 is 1.58 bits per heavy atom. The Kier molecular flexibility index (Phi) is 12.5. The molecule has 1 fully saturated rings. The number of ether oxygens (including phenoxy) is 2. The van der Waals surface area contributed by atoms with E-state index in [0.717, 1.165) is 68.5 Å². The summed E-state index contributed by atoms with van der Waals surface area (Å²) in [5.74, 6) is 0.663. The molecule has 4 aromatic carbocycles. The third-order valence-corrected chi connectivity index (χ3v) is 11.9. The van der Waals surface area contributed by atoms with E-state index in [1.165, 1.54) is 25.9 Å². The summed E-state index contributed by atoms with van der Waals surface area (Å²) in [5, 5.41) is 7.38. The van der Waals surface area contributed by atoms with Crippen molar-refractivity contribution < 1.29 is 28.7 Å². The number of fused-ring (bicyclic) bond motifs is 4. The number of aromatic amines is 2. The molecule has 1 saturated heterocycles. The van der Waals surface area contributed by atoms with E-state index in [-0.39, 0.29) is 18.4 Å². The molecule has 0 spiro atoms. The number of amides is 4. The van der Waals surface area contributed by atoms with Crippen molar-refractivity contribution in [1.82, 2.24) is 40.4 Å². The first kappa shape index (κ1) is 42.9. The maximum atomic E-state index is 14.1. The number of aromatic nitrogens is 4. The molecule has 2 aromatic heterocycles. The highest BCUT2D eigenvalue weighted by Crippen LogP contribution is 2.39. The van der Waals surface area contributed by atoms with Gasteiger partial charge in [-0.3, -0.25) is 9.59 Å². The number of nitrogens with one attached hydrogen (secondary N) is 4. The molecule has 3 atom stereocenters. The summed E-state index contributed by atoms with van der Waals surface area (Å²) < 4.78 is 9.54. The fraction of sp³-hybridized carbons (Fsp3) is 0.240. The van der Waals surface area contributed by atoms with Crippen molar-refractivity contribution in [2.75, 3.05) is 27.3 Å². The Morgan fingerprint density at radius 1 is 0.875 bits per heavy atom. The van der Waals surface area contributed by atoms with Gasteiger partial charge in [-0.25, -0.2) is 19.6 Å². The summed E-state index contributed by atoms with van der Waals surface area (Å²) in [6, 6.07) is 25.9. The van der Waals surface area contributed by atoms with Gasteiger partial charge >= 0.3 is 12.2 Å². The second-order valence-corrected chi connectivity index (χ2v) is 15.8. The average Bonchev–Trinajstić information content (AvgIpc) is 4.09. The summed E-state index contributed by atoms with van der Waals surface area (Å²) in [6.07, 6.45) is 6.28. The number of H-pyrrole nitrogens is 2. The van der Waals surface area contributed by atoms with Gasteiger partial charge in [0.05, 0.1) is 38.3 Å². The predicted octanol–water partition coefficient (Wildman–Crippen LogP) is 8.13. The molecular weight excluding hydrogens is 809 g/mol. The standard InChI is InChI=1S/C50H50N8O6/c1-6-8-23-57(47(59)39(7-2)54-49(61)63-4)29-42-52-40-21-19-36-26-35(18-20-38(36)44(40)55-42)32-14-15-34-27-37(17-16-33(34)25-32)41-28-51-46(53-41)45-30(3)22-24-58(45)48(60)43(56-50(62)64-5)31-12-10-9-11-13-31/h6-7,9-18,20,25-28,39,43,45H,1-3,8,19,21-24,29H2,4-5H3,(H,51,53)(H,52,55)(H,54,61)(H,56,62)/t39-,43+,45-/m0/s1. The molecular formula is C50H50N8O6. The van der Waals surface area contributed by atoms with E-state index < -0.39 is 30.3 Å². The van der Waals surface area contributed by atoms with Gasteiger partial charge in [-0.15, -0.1) is 13.2 Å². The van der Waals surface area contributed by atoms with Crippen molar-refractivity contribution in [2.45, 2.75) is 50.4 Å². The largest absolute Gasteiger partial charge is 0.453 e. The zero-order chi connectivity index (χ0) is 44.9. The summed E-state index contributed by atoms with van der Waals surface area (Å²) in [4.78, 5) is 71.7. The molecule has 2 aliphatic rings. The van der Waals surface area contributed by atoms with Gasteiger partial charge in [0.25, 0.3) is 5.91 Å². The Bertz CT molecular complexity index is 2770. The van der Waals surface area contributed by atoms with Crippen molar-refractivity contribution in [3.63, 3.8) is 0 Å². The maximum absolute atomic E-state index is 14.1. The Hall–Kier alpha value is -7.74. The van der Waals surface area contributed by atoms with Crippen LogP contribution in [-0.2, 0) is 38.4 Å². The lowest BCUT2D eigenvalue weighted by Gasteiger charge is -2.28. The lowest BCUT2D eigenvalue weighted by atomic mass is 9.89. The highest BCUT2D eigenvalue weighted by Gasteiger charge is 2.39. The van der Waals surface area contributed by atoms with E-state index in [4.69, 9.17) is 19.4 Å². The van der Waals surface area contributed by atoms with Crippen LogP contribution in [0.25, 0.3) is 44.4 Å². The fourth-order valence-electron chi connectivity index (χ4n) is 8.53. The van der Waals surface area contributed by atoms with E-state index >= 15 is 0 Å². The van der Waals surface area contributed by atoms with Crippen LogP contribution >= 0.6 is 0 Å². The molecule has 6 aromatic rings. The SMILES string of the molecule is C=CCCN(Cc1nc2c([nH]1)CCc1cc(-c3ccc4cc(-c5cnc([C@@H]6C(=C)CCN6C(=O)[C@H](NC(=O)OC)c6ccccc6)[nH]5)ccc4c3)ccc1-2)C(=O)[C@H](C=C)NC(=O)OC. The number of likely N-dealkylation sites (tertiary alicyclic amines) is 1. The third-order valence-electron chi connectivity index (χ3n) is 11.9. The number of hydrogen-bond donors (Lipinski definition) is 4. The van der Waals surface area contributed by atoms with Crippen molar-refractivity contribution in [3.8, 4) is 33.6 Å². The monoisotopic (exact) mass is 858 g/mol. The van der Waals surface area contributed by atoms with Crippen LogP contribution in [0.3, 0.4) is 0 Å². The molecule has 8 rings (SSSR count). The van der Waals surface area contributed by atoms with Crippen molar-refractivity contribution >= 4 is 34.8 Å². The van der Waals surface area contributed by atoms with Gasteiger partial charge in [-0.05, 0) is 76.4 Å². The number of nitrogens with zero attached hydrogens (tertiary/aromatic N) is 4. The maximum Gasteiger partial charge on any atom is 0.407 e. The number of carbonyl (C=O) groups excluding carboxylic acids is 4. The smallest absolute Gasteiger partial charge is 0.407 e. The lowest BCUT2D eigenvalue weighted by molar-refractivity contribution is -0.134. The van der Waals surface area contributed by atoms with Gasteiger partial charge in [0, 0.05) is 29.9 Å². The normalized spacial score (nSPS) is 15.1. The summed E-state index contributed by atoms with van der Waals surface area (Å²) in [7, 11) is 2.51. The molecule has 3 heterocycles. The second kappa shape index (κ2) is 18.7. The molecule has 326 valence electrons. The van der Waals surface area contributed by atoms with Crippen LogP contribution in [0.4, 0.5) is 9.59 Å². The van der Waals surface area contributed by atoms with Gasteiger partial charge in [0.1, 0.15) is 29.8 Å². The fourth-order valence-corrected chi connectivity index (χ4v) is 8.53. The predicted molar refractivity (Wildman–Crippen MR) is 245 cm³/mol. The minimum Gasteiger partial charge on any atom is -0.453 e. The molecule has 0 saturated carbocycles. The molecule has 1 aliphatic carbocycles. The van der Waals surface area contributed by atoms with Gasteiger partial charge in [0.15, 0.2) is 0 Å². The number of rotatable bonds is 14. The number of carbonyl (C=O) groups is 4. The topological polar surface area (TPSA) is 175 Å². The van der Waals surface area contributed by atoms with E-state index in [2.05, 4.69) is 94.9 Å². The highest BCUT2D eigenvalue weighted by atomic mass is 16.5. The zero-order valence-corrected chi connectivity index (χ0v) is 35.9. The van der Waals surface area contributed by atoms with Gasteiger partial charge in [-0.2, -0.15) is 0 Å². The van der Waals surface area contributed by atoms with Crippen molar-refractivity contribution in [3.05, 3.63) is 157 Å². The molecule has 64 heavy (non-hydrogen) atoms. The minimum absolute atomic E-state index is 0.226. The van der Waals surface area contributed by atoms with Gasteiger partial charge in [-0.1, -0.05) is 91.5 Å². The Balaban J connectivity index is 0.983. The Labute approximate surface area is 371 Å². The molecule has 1 aliphatic heterocycles. The first-order chi connectivity index (χ1) is 31.1. The first-order valence-corrected chi connectivity index (χ1v) is 21.1. The molecule has 14 heteroatoms. The molecule has 0 unspecified atom stereocenters. The van der Waals surface area contributed by atoms with Crippen LogP contribution in [0, 0.1) is 0 Å². The van der Waals surface area contributed by atoms with Crippen molar-refractivity contribution in [1.29, 1.82) is 0 Å². The highest BCUT2D eigenvalue weighted by molar-refractivity contribution is 5.91. The zero-order valence-electron chi connectivity index (χ0n) is 35.9. The summed E-state index contributed by atoms with van der Waals surface area (Å²) in [5.41, 5.74) is 9.60. The number of hydrogen-bond acceptors (Lipinski definition) is 8. The van der Waals surface area contributed by atoms with Gasteiger partial charge < -0.3 is 39.9 Å². The third kappa shape index (κ3) is 8.80. The van der Waals surface area contributed by atoms with Crippen LogP contribution in [0.2, 0.25) is 0 Å². The number of imidazole rings is 2. The Morgan fingerprint density at radius 3 is 2.31 bits per heavy atom. The number of alkyl carbamates (subject to hydrolysis) is 2. The van der Waals surface area contributed by atoms with E-state index in [1.54, 1.807) is 34.2 Å². The second-order valence-electron chi connectivity index (χ2n) is 15.8. The van der Waals surface area contributed by atoms with Crippen LogP contribution in [0.1, 0.15) is 53.4 Å². The first-order valence-electron chi connectivity index (χ1n) is 21.1. The van der Waals surface area contributed by atoms with Gasteiger partial charge in [0.2, 0.25) is 5.91 Å². The van der Waals surface area contributed by atoms with E-state index in [9.17, 15) is 19.2 Å². The van der Waals surface area contributed by atoms with Crippen molar-refractivity contribution in [2.24, 2.45) is 0 Å². The van der Waals surface area contributed by atoms with Crippen LogP contribution in [0.15, 0.2) is 129 Å². The van der Waals surface area contributed by atoms with E-state index in [0.29, 0.717) is 43.1 Å². The molecule has 0 bridgehead atoms. The molecule has 4 amide bonds. The van der Waals surface area contributed by atoms with Crippen LogP contribution < -0.4 is 10.6 Å². The minimum atomic E-state index is -0.947. The molecule has 4 N–H and O–H groups in total. The summed E-state index contributed by atoms with van der Waals surface area (Å²) >= 11 is 0. The number of methoxy groups -OCH3 is 2. The van der Waals surface area contributed by atoms with Crippen LogP contribution in [0.5, 0.6) is 0 Å². The number of benzene rings is 4. The quantitative estimate of drug-likeness (QED) is 0.0795. The van der Waals surface area contributed by atoms with Crippen LogP contribution in [-0.4, -0.2) is 87.1 Å². The number of aryl methyl sites for hydroxylation is 2. The molecule has 0 radical (unpaired) electrons. The molecule has 14 nitrogen and oxygen atoms in total. The summed E-state index contributed by atoms with van der Waals surface area (Å²) in [6.45, 7) is 12.9.